The second-order valence-electron chi connectivity index (χ2n) is 10.3. The van der Waals surface area contributed by atoms with E-state index in [9.17, 15) is 9.18 Å². The fourth-order valence-corrected chi connectivity index (χ4v) is 6.30. The number of aromatic nitrogens is 5. The summed E-state index contributed by atoms with van der Waals surface area (Å²) in [6.07, 6.45) is 2.93. The van der Waals surface area contributed by atoms with Crippen LogP contribution >= 0.6 is 11.3 Å². The minimum Gasteiger partial charge on any atom is -0.490 e. The third-order valence-corrected chi connectivity index (χ3v) is 8.27. The van der Waals surface area contributed by atoms with Crippen molar-refractivity contribution in [2.45, 2.75) is 33.0 Å². The van der Waals surface area contributed by atoms with Crippen molar-refractivity contribution in [3.63, 3.8) is 0 Å². The summed E-state index contributed by atoms with van der Waals surface area (Å²) in [7, 11) is 1.52. The summed E-state index contributed by atoms with van der Waals surface area (Å²) in [4.78, 5) is 19.3. The van der Waals surface area contributed by atoms with Crippen LogP contribution in [0.15, 0.2) is 54.6 Å². The van der Waals surface area contributed by atoms with Gasteiger partial charge in [0.1, 0.15) is 35.4 Å². The lowest BCUT2D eigenvalue weighted by molar-refractivity contribution is -0.129. The quantitative estimate of drug-likeness (QED) is 0.163. The maximum Gasteiger partial charge on any atom is 0.246 e. The van der Waals surface area contributed by atoms with Crippen LogP contribution in [0.5, 0.6) is 5.75 Å². The van der Waals surface area contributed by atoms with Crippen LogP contribution in [0.4, 0.5) is 8.78 Å². The van der Waals surface area contributed by atoms with Gasteiger partial charge in [0.15, 0.2) is 0 Å². The molecule has 0 unspecified atom stereocenters. The van der Waals surface area contributed by atoms with Gasteiger partial charge < -0.3 is 14.4 Å². The zero-order valence-corrected chi connectivity index (χ0v) is 24.6. The predicted molar refractivity (Wildman–Crippen MR) is 160 cm³/mol. The third-order valence-electron chi connectivity index (χ3n) is 7.34. The van der Waals surface area contributed by atoms with Crippen molar-refractivity contribution in [3.05, 3.63) is 77.6 Å². The number of methoxy groups -OCH3 is 1. The monoisotopic (exact) mass is 602 g/mol. The Morgan fingerprint density at radius 2 is 2.02 bits per heavy atom. The normalized spacial score (nSPS) is 14.6. The highest BCUT2D eigenvalue weighted by Gasteiger charge is 2.30. The summed E-state index contributed by atoms with van der Waals surface area (Å²) in [5.74, 6) is -1.70. The first-order chi connectivity index (χ1) is 20.8. The highest BCUT2D eigenvalue weighted by molar-refractivity contribution is 7.18. The molecular formula is C31H28F2N6O3S. The molecule has 0 aliphatic carbocycles. The molecule has 0 bridgehead atoms. The predicted octanol–water partition coefficient (Wildman–Crippen LogP) is 5.81. The second-order valence-corrected chi connectivity index (χ2v) is 11.2. The Labute approximate surface area is 250 Å². The molecule has 1 aliphatic heterocycles. The molecule has 6 rings (SSSR count). The number of thiophene rings is 1. The molecule has 0 saturated carbocycles. The number of amides is 1. The fraction of sp³-hybridized carbons (Fsp3) is 0.258. The highest BCUT2D eigenvalue weighted by Crippen LogP contribution is 2.47. The largest absolute Gasteiger partial charge is 0.490 e. The molecule has 0 spiro atoms. The second kappa shape index (κ2) is 11.6. The Balaban J connectivity index is 1.63. The van der Waals surface area contributed by atoms with Gasteiger partial charge >= 0.3 is 0 Å². The number of carbonyl (C=O) groups excluding carboxylic acids is 1. The first kappa shape index (κ1) is 28.6. The number of aryl methyl sites for hydroxylation is 1. The van der Waals surface area contributed by atoms with Crippen LogP contribution < -0.4 is 4.74 Å². The maximum absolute atomic E-state index is 15.9. The molecule has 5 heterocycles. The van der Waals surface area contributed by atoms with Gasteiger partial charge in [-0.25, -0.2) is 13.8 Å². The minimum absolute atomic E-state index is 0.0295. The van der Waals surface area contributed by atoms with E-state index in [4.69, 9.17) is 19.6 Å². The van der Waals surface area contributed by atoms with Gasteiger partial charge in [0.05, 0.1) is 48.5 Å². The topological polar surface area (TPSA) is 95.3 Å². The molecule has 1 aromatic carbocycles. The summed E-state index contributed by atoms with van der Waals surface area (Å²) < 4.78 is 43.9. The van der Waals surface area contributed by atoms with Crippen LogP contribution in [-0.2, 0) is 22.6 Å². The van der Waals surface area contributed by atoms with Crippen molar-refractivity contribution in [1.82, 2.24) is 29.9 Å². The van der Waals surface area contributed by atoms with E-state index in [1.165, 1.54) is 30.6 Å². The maximum atomic E-state index is 15.9. The number of rotatable bonds is 8. The SMILES string of the molecule is C=CC(=O)N1Cc2cc(-c3nc(-c4cnnc(C)c4)c4ccsc4c3-c3c(F)cc(F)cc3OCCOC)nn2C[C@H]1C. The van der Waals surface area contributed by atoms with Crippen molar-refractivity contribution in [1.29, 1.82) is 0 Å². The van der Waals surface area contributed by atoms with E-state index in [1.807, 2.05) is 42.1 Å². The number of carbonyl (C=O) groups is 1. The number of nitrogens with zero attached hydrogens (tertiary/aromatic N) is 6. The van der Waals surface area contributed by atoms with Crippen molar-refractivity contribution >= 4 is 27.3 Å². The summed E-state index contributed by atoms with van der Waals surface area (Å²) in [6, 6.07) is 7.54. The molecule has 0 saturated heterocycles. The summed E-state index contributed by atoms with van der Waals surface area (Å²) in [5.41, 5.74) is 4.24. The number of halogens is 2. The Bertz CT molecular complexity index is 1870. The first-order valence-electron chi connectivity index (χ1n) is 13.6. The van der Waals surface area contributed by atoms with E-state index < -0.39 is 11.6 Å². The van der Waals surface area contributed by atoms with E-state index in [-0.39, 0.29) is 36.5 Å². The smallest absolute Gasteiger partial charge is 0.246 e. The van der Waals surface area contributed by atoms with E-state index in [1.54, 1.807) is 11.1 Å². The average Bonchev–Trinajstić information content (AvgIpc) is 3.63. The van der Waals surface area contributed by atoms with Crippen molar-refractivity contribution < 1.29 is 23.0 Å². The summed E-state index contributed by atoms with van der Waals surface area (Å²) >= 11 is 1.41. The zero-order valence-electron chi connectivity index (χ0n) is 23.8. The minimum atomic E-state index is -0.792. The van der Waals surface area contributed by atoms with Gasteiger partial charge in [-0.15, -0.1) is 11.3 Å². The molecule has 220 valence electrons. The Kier molecular flexibility index (Phi) is 7.72. The lowest BCUT2D eigenvalue weighted by Crippen LogP contribution is -2.44. The van der Waals surface area contributed by atoms with Crippen molar-refractivity contribution in [3.8, 4) is 39.5 Å². The molecule has 0 N–H and O–H groups in total. The zero-order chi connectivity index (χ0) is 30.2. The standard InChI is InChI=1S/C31H28F2N6O3S/c1-5-26(40)38-16-21-13-24(37-39(21)15-18(38)3)30-28(27-23(33)11-20(32)12-25(27)42-8-7-41-4)31-22(6-9-43-31)29(35-30)19-10-17(2)36-34-14-19/h5-6,9-14,18H,1,7-8,15-16H2,2-4H3/t18-/m1/s1. The molecule has 1 atom stereocenters. The Morgan fingerprint density at radius 1 is 1.19 bits per heavy atom. The molecule has 5 aromatic rings. The van der Waals surface area contributed by atoms with Crippen LogP contribution in [-0.4, -0.2) is 62.1 Å². The molecule has 1 aliphatic rings. The number of hydrogen-bond donors (Lipinski definition) is 0. The summed E-state index contributed by atoms with van der Waals surface area (Å²) in [5, 5.41) is 15.8. The van der Waals surface area contributed by atoms with Gasteiger partial charge in [-0.3, -0.25) is 9.48 Å². The van der Waals surface area contributed by atoms with Crippen LogP contribution in [0.25, 0.3) is 43.9 Å². The van der Waals surface area contributed by atoms with Gasteiger partial charge in [0.25, 0.3) is 0 Å². The van der Waals surface area contributed by atoms with Crippen molar-refractivity contribution in [2.24, 2.45) is 0 Å². The highest BCUT2D eigenvalue weighted by atomic mass is 32.1. The molecule has 0 fully saturated rings. The van der Waals surface area contributed by atoms with Crippen LogP contribution in [0, 0.1) is 18.6 Å². The number of hydrogen-bond acceptors (Lipinski definition) is 8. The van der Waals surface area contributed by atoms with E-state index in [2.05, 4.69) is 16.8 Å². The lowest BCUT2D eigenvalue weighted by Gasteiger charge is -2.33. The molecule has 9 nitrogen and oxygen atoms in total. The first-order valence-corrected chi connectivity index (χ1v) is 14.5. The average molecular weight is 603 g/mol. The summed E-state index contributed by atoms with van der Waals surface area (Å²) in [6.45, 7) is 8.52. The molecule has 1 amide bonds. The number of benzene rings is 1. The Morgan fingerprint density at radius 3 is 2.79 bits per heavy atom. The number of fused-ring (bicyclic) bond motifs is 2. The fourth-order valence-electron chi connectivity index (χ4n) is 5.35. The van der Waals surface area contributed by atoms with Crippen LogP contribution in [0.1, 0.15) is 18.3 Å². The van der Waals surface area contributed by atoms with Gasteiger partial charge in [-0.05, 0) is 43.5 Å². The van der Waals surface area contributed by atoms with Crippen molar-refractivity contribution in [2.75, 3.05) is 20.3 Å². The van der Waals surface area contributed by atoms with E-state index in [0.717, 1.165) is 27.4 Å². The van der Waals surface area contributed by atoms with Gasteiger partial charge in [-0.2, -0.15) is 15.3 Å². The lowest BCUT2D eigenvalue weighted by atomic mass is 9.96. The number of pyridine rings is 1. The van der Waals surface area contributed by atoms with E-state index >= 15 is 4.39 Å². The van der Waals surface area contributed by atoms with Crippen LogP contribution in [0.2, 0.25) is 0 Å². The molecular weight excluding hydrogens is 574 g/mol. The molecule has 43 heavy (non-hydrogen) atoms. The van der Waals surface area contributed by atoms with Gasteiger partial charge in [-0.1, -0.05) is 6.58 Å². The third kappa shape index (κ3) is 5.28. The van der Waals surface area contributed by atoms with Gasteiger partial charge in [0.2, 0.25) is 5.91 Å². The Hall–Kier alpha value is -4.55. The van der Waals surface area contributed by atoms with Crippen LogP contribution in [0.3, 0.4) is 0 Å². The number of ether oxygens (including phenoxy) is 2. The molecule has 0 radical (unpaired) electrons. The molecule has 12 heteroatoms. The van der Waals surface area contributed by atoms with Gasteiger partial charge in [0, 0.05) is 46.5 Å². The molecule has 4 aromatic heterocycles. The van der Waals surface area contributed by atoms with E-state index in [0.29, 0.717) is 41.4 Å².